The predicted octanol–water partition coefficient (Wildman–Crippen LogP) is 9.82. The second-order valence-corrected chi connectivity index (χ2v) is 27.0. The van der Waals surface area contributed by atoms with E-state index in [1.54, 1.807) is 66.4 Å². The molecule has 7 atom stereocenters. The smallest absolute Gasteiger partial charge is 0.308 e. The Hall–Kier alpha value is -8.71. The van der Waals surface area contributed by atoms with Crippen LogP contribution in [0.2, 0.25) is 0 Å². The van der Waals surface area contributed by atoms with Crippen molar-refractivity contribution in [2.24, 2.45) is 11.7 Å². The van der Waals surface area contributed by atoms with Crippen molar-refractivity contribution < 1.29 is 52.6 Å². The van der Waals surface area contributed by atoms with Crippen LogP contribution in [0.3, 0.4) is 0 Å². The second kappa shape index (κ2) is 28.6. The zero-order valence-corrected chi connectivity index (χ0v) is 54.8. The van der Waals surface area contributed by atoms with Crippen LogP contribution in [0, 0.1) is 12.8 Å². The minimum Gasteiger partial charge on any atom is -0.461 e. The summed E-state index contributed by atoms with van der Waals surface area (Å²) >= 11 is 13.4. The van der Waals surface area contributed by atoms with E-state index in [-0.39, 0.29) is 70.4 Å². The number of pyridine rings is 1. The van der Waals surface area contributed by atoms with Gasteiger partial charge in [-0.25, -0.2) is 34.9 Å². The Morgan fingerprint density at radius 2 is 1.30 bits per heavy atom. The van der Waals surface area contributed by atoms with E-state index in [9.17, 15) is 38.4 Å². The van der Waals surface area contributed by atoms with Gasteiger partial charge in [-0.1, -0.05) is 56.3 Å². The molecule has 9 aromatic rings. The number of carbonyl (C=O) groups excluding carboxylic acids is 9. The molecule has 0 spiro atoms. The summed E-state index contributed by atoms with van der Waals surface area (Å²) in [5.74, 6) is -7.18. The van der Waals surface area contributed by atoms with Gasteiger partial charge in [-0.05, 0) is 48.2 Å². The first-order valence-electron chi connectivity index (χ1n) is 28.0. The summed E-state index contributed by atoms with van der Waals surface area (Å²) in [5, 5.41) is 21.3. The lowest BCUT2D eigenvalue weighted by Crippen LogP contribution is -2.50. The Morgan fingerprint density at radius 1 is 0.659 bits per heavy atom. The first kappa shape index (κ1) is 65.2. The Morgan fingerprint density at radius 3 is 2.00 bits per heavy atom. The lowest BCUT2D eigenvalue weighted by Gasteiger charge is -2.30. The van der Waals surface area contributed by atoms with E-state index in [0.29, 0.717) is 63.8 Å². The van der Waals surface area contributed by atoms with Crippen molar-refractivity contribution in [3.05, 3.63) is 147 Å². The number of esters is 2. The van der Waals surface area contributed by atoms with E-state index in [1.165, 1.54) is 65.5 Å². The van der Waals surface area contributed by atoms with E-state index in [0.717, 1.165) is 39.6 Å². The van der Waals surface area contributed by atoms with E-state index in [1.807, 2.05) is 37.3 Å². The molecule has 468 valence electrons. The maximum absolute atomic E-state index is 15.2. The quantitative estimate of drug-likeness (QED) is 0.0407. The second-order valence-electron chi connectivity index (χ2n) is 21.1. The van der Waals surface area contributed by atoms with Crippen molar-refractivity contribution in [3.8, 4) is 49.1 Å². The van der Waals surface area contributed by atoms with Crippen LogP contribution in [-0.2, 0) is 35.1 Å². The van der Waals surface area contributed by atoms with Crippen LogP contribution in [0.25, 0.3) is 43.4 Å². The van der Waals surface area contributed by atoms with E-state index < -0.39 is 83.4 Å². The molecule has 7 aromatic heterocycles. The molecule has 2 aromatic carbocycles. The molecule has 0 radical (unpaired) electrons. The number of aromatic nitrogens is 7. The van der Waals surface area contributed by atoms with Gasteiger partial charge in [0.05, 0.1) is 35.1 Å². The number of carbonyl (C=O) groups is 9. The van der Waals surface area contributed by atoms with E-state index >= 15 is 4.79 Å². The fourth-order valence-electron chi connectivity index (χ4n) is 9.90. The van der Waals surface area contributed by atoms with Crippen LogP contribution in [0.1, 0.15) is 144 Å². The molecule has 0 fully saturated rings. The normalized spacial score (nSPS) is 17.3. The Balaban J connectivity index is 1.10. The molecular weight excluding hydrogens is 1300 g/mol. The number of hydrogen-bond donors (Lipinski definition) is 5. The summed E-state index contributed by atoms with van der Waals surface area (Å²) < 4.78 is 11.0. The highest BCUT2D eigenvalue weighted by Crippen LogP contribution is 2.41. The molecule has 8 heterocycles. The van der Waals surface area contributed by atoms with Gasteiger partial charge in [-0.15, -0.1) is 79.6 Å². The molecule has 1 aliphatic heterocycles. The van der Waals surface area contributed by atoms with E-state index in [2.05, 4.69) is 26.3 Å². The number of alkyl halides is 1. The van der Waals surface area contributed by atoms with Gasteiger partial charge in [0.1, 0.15) is 82.8 Å². The number of ether oxygens (including phenoxy) is 2. The summed E-state index contributed by atoms with van der Waals surface area (Å²) in [7, 11) is 0. The molecule has 23 nitrogen and oxygen atoms in total. The lowest BCUT2D eigenvalue weighted by molar-refractivity contribution is -0.148. The number of thiazole rings is 6. The van der Waals surface area contributed by atoms with Gasteiger partial charge < -0.3 is 31.2 Å². The fraction of sp³-hybridized carbons (Fsp3) is 0.279. The summed E-state index contributed by atoms with van der Waals surface area (Å²) in [6, 6.07) is 15.9. The molecule has 91 heavy (non-hydrogen) atoms. The predicted molar refractivity (Wildman–Crippen MR) is 345 cm³/mol. The van der Waals surface area contributed by atoms with Gasteiger partial charge in [-0.3, -0.25) is 48.5 Å². The molecular formula is C61H55ClN12O11S6. The number of Topliss-reactive ketones (excluding diaryl/α,β-unsaturated/α-hetero) is 1. The van der Waals surface area contributed by atoms with Gasteiger partial charge >= 0.3 is 11.9 Å². The number of fused-ring (bicyclic) bond motifs is 14. The summed E-state index contributed by atoms with van der Waals surface area (Å²) in [6.45, 7) is 9.13. The topological polar surface area (TPSA) is 336 Å². The van der Waals surface area contributed by atoms with Crippen molar-refractivity contribution in [1.29, 1.82) is 0 Å². The number of nitrogens with zero attached hydrogens (tertiary/aromatic N) is 7. The average Bonchev–Trinajstić information content (AvgIpc) is 1.74. The van der Waals surface area contributed by atoms with Crippen LogP contribution in [0.4, 0.5) is 0 Å². The Bertz CT molecular complexity index is 4260. The molecule has 6 amide bonds. The van der Waals surface area contributed by atoms with Gasteiger partial charge in [0.2, 0.25) is 17.7 Å². The molecule has 0 saturated carbocycles. The van der Waals surface area contributed by atoms with Gasteiger partial charge in [-0.2, -0.15) is 0 Å². The molecule has 10 bridgehead atoms. The number of amides is 6. The summed E-state index contributed by atoms with van der Waals surface area (Å²) in [6.07, 6.45) is -1.52. The number of nitrogens with one attached hydrogen (secondary N) is 4. The molecule has 1 aliphatic rings. The van der Waals surface area contributed by atoms with Crippen LogP contribution in [0.15, 0.2) is 93.6 Å². The third-order valence-corrected chi connectivity index (χ3v) is 20.4. The number of imide groups is 1. The number of primary amides is 1. The summed E-state index contributed by atoms with van der Waals surface area (Å²) in [5.41, 5.74) is 9.07. The number of halogens is 1. The summed E-state index contributed by atoms with van der Waals surface area (Å²) in [4.78, 5) is 155. The van der Waals surface area contributed by atoms with Crippen molar-refractivity contribution in [2.75, 3.05) is 5.88 Å². The maximum Gasteiger partial charge on any atom is 0.308 e. The highest BCUT2D eigenvalue weighted by atomic mass is 35.5. The third kappa shape index (κ3) is 15.5. The van der Waals surface area contributed by atoms with Gasteiger partial charge in [0.25, 0.3) is 17.7 Å². The molecule has 0 aliphatic carbocycles. The number of nitrogens with two attached hydrogens (primary N) is 1. The van der Waals surface area contributed by atoms with Crippen LogP contribution < -0.4 is 31.7 Å². The van der Waals surface area contributed by atoms with Crippen molar-refractivity contribution >= 4 is 133 Å². The van der Waals surface area contributed by atoms with Gasteiger partial charge in [0.15, 0.2) is 5.78 Å². The lowest BCUT2D eigenvalue weighted by atomic mass is 9.84. The first-order valence-corrected chi connectivity index (χ1v) is 33.7. The first-order chi connectivity index (χ1) is 43.6. The highest BCUT2D eigenvalue weighted by Gasteiger charge is 2.37. The molecule has 30 heteroatoms. The average molecular weight is 1360 g/mol. The number of benzene rings is 2. The third-order valence-electron chi connectivity index (χ3n) is 14.5. The zero-order valence-electron chi connectivity index (χ0n) is 49.1. The fourth-order valence-corrected chi connectivity index (χ4v) is 15.6. The zero-order chi connectivity index (χ0) is 64.8. The molecule has 0 unspecified atom stereocenters. The number of hydrogen-bond acceptors (Lipinski definition) is 24. The van der Waals surface area contributed by atoms with Crippen LogP contribution in [0.5, 0.6) is 5.75 Å². The molecule has 10 rings (SSSR count). The number of rotatable bonds is 13. The minimum atomic E-state index is -1.31. The Labute approximate surface area is 548 Å². The Kier molecular flexibility index (Phi) is 20.5. The largest absolute Gasteiger partial charge is 0.461 e. The molecule has 0 saturated heterocycles. The molecule has 6 N–H and O–H groups in total. The maximum atomic E-state index is 15.2. The van der Waals surface area contributed by atoms with Crippen molar-refractivity contribution in [3.63, 3.8) is 0 Å². The van der Waals surface area contributed by atoms with Gasteiger partial charge in [0, 0.05) is 82.8 Å². The van der Waals surface area contributed by atoms with Crippen LogP contribution >= 0.6 is 79.6 Å². The highest BCUT2D eigenvalue weighted by molar-refractivity contribution is 7.15. The van der Waals surface area contributed by atoms with Crippen molar-refractivity contribution in [1.82, 2.24) is 56.2 Å². The van der Waals surface area contributed by atoms with Crippen molar-refractivity contribution in [2.45, 2.75) is 96.9 Å². The van der Waals surface area contributed by atoms with Crippen LogP contribution in [-0.4, -0.2) is 106 Å². The number of aryl methyl sites for hydroxylation is 1. The monoisotopic (exact) mass is 1360 g/mol. The minimum absolute atomic E-state index is 0.00844. The SMILES string of the molecule is CC(=O)NC(=O)c1csc(-c2ccc3c(n2)-c2csc(n2)-c2csc(n2)[C@H]([C@@H](C)[C@H](CCl)OC(C)=O)NC(=O)[C@H](Cc2ccc(OC(C)=O)cc2)NC(=O)c2csc(n2)[C@H]([C@H](C)c2ccccc2)CC(=O)c2nc(sc2C)[C@H](CC(N)=O)NC(=O)c2csc-3n2)n1. The van der Waals surface area contributed by atoms with E-state index in [4.69, 9.17) is 56.7 Å². The standard InChI is InChI=1S/C61H55ClN12O11S6/c1-27(34-10-8-7-9-11-34)37-19-46(78)50-29(3)91-60(74-50)40(20-48(63)79)67-55(83)44-23-86-56(69-44)36-16-17-38(58-71-42(25-89-58)53(81)64-30(4)75)65-51(36)41-22-88-59(68-41)45-26-90-61(72-45)49(28(2)47(21-62)85-32(6)77)73-52(80)39(66-54(82)43-24-87-57(37)70-43)18-33-12-14-35(15-13-33)84-31(5)76/h7-17,22-28,37,39-40,47,49H,18-21H2,1-6H3,(H2,63,79)(H,66,82)(H,67,83)(H,73,80)(H,64,75,81)/t27-,28+,37+,39+,40+,47+,49+/m1/s1. The number of ketones is 1.